The van der Waals surface area contributed by atoms with Gasteiger partial charge in [-0.2, -0.15) is 0 Å². The van der Waals surface area contributed by atoms with Crippen molar-refractivity contribution < 1.29 is 18.0 Å². The standard InChI is InChI=1S/C29H31Cl4N3O4S/c1-5-26(28(38)34-29(2,3)4)35(17-19-11-12-20(30)15-24(19)32)27(37)18-36(21-13-14-23(31)25(33)16-21)41(39,40)22-9-7-6-8-10-22/h6-16,26H,5,17-18H2,1-4H3,(H,34,38)/t26-/m0/s1. The molecule has 0 aromatic heterocycles. The summed E-state index contributed by atoms with van der Waals surface area (Å²) in [5.41, 5.74) is 0.103. The Labute approximate surface area is 261 Å². The lowest BCUT2D eigenvalue weighted by Gasteiger charge is -2.35. The molecule has 12 heteroatoms. The molecule has 0 aliphatic heterocycles. The first-order valence-corrected chi connectivity index (χ1v) is 15.7. The van der Waals surface area contributed by atoms with E-state index in [0.717, 1.165) is 4.31 Å². The number of anilines is 1. The van der Waals surface area contributed by atoms with E-state index in [-0.39, 0.29) is 39.5 Å². The van der Waals surface area contributed by atoms with Gasteiger partial charge in [-0.25, -0.2) is 8.42 Å². The third-order valence-electron chi connectivity index (χ3n) is 6.04. The molecule has 3 aromatic carbocycles. The molecule has 220 valence electrons. The second-order valence-corrected chi connectivity index (χ2v) is 13.9. The van der Waals surface area contributed by atoms with Crippen LogP contribution >= 0.6 is 46.4 Å². The van der Waals surface area contributed by atoms with Crippen LogP contribution in [0.5, 0.6) is 0 Å². The maximum atomic E-state index is 14.1. The lowest BCUT2D eigenvalue weighted by atomic mass is 10.1. The average molecular weight is 659 g/mol. The van der Waals surface area contributed by atoms with Crippen LogP contribution in [0.1, 0.15) is 39.7 Å². The van der Waals surface area contributed by atoms with Crippen molar-refractivity contribution >= 4 is 73.9 Å². The summed E-state index contributed by atoms with van der Waals surface area (Å²) in [6, 6.07) is 15.9. The second-order valence-electron chi connectivity index (χ2n) is 10.3. The van der Waals surface area contributed by atoms with E-state index in [0.29, 0.717) is 15.6 Å². The molecule has 0 saturated carbocycles. The predicted octanol–water partition coefficient (Wildman–Crippen LogP) is 7.22. The van der Waals surface area contributed by atoms with Crippen LogP contribution < -0.4 is 9.62 Å². The Morgan fingerprint density at radius 1 is 0.878 bits per heavy atom. The van der Waals surface area contributed by atoms with Gasteiger partial charge in [-0.3, -0.25) is 13.9 Å². The molecule has 1 N–H and O–H groups in total. The molecule has 7 nitrogen and oxygen atoms in total. The van der Waals surface area contributed by atoms with Crippen LogP contribution in [0, 0.1) is 0 Å². The van der Waals surface area contributed by atoms with Gasteiger partial charge >= 0.3 is 0 Å². The normalized spacial score (nSPS) is 12.5. The van der Waals surface area contributed by atoms with Crippen molar-refractivity contribution in [2.45, 2.75) is 57.1 Å². The number of hydrogen-bond acceptors (Lipinski definition) is 4. The molecule has 0 bridgehead atoms. The van der Waals surface area contributed by atoms with Gasteiger partial charge in [0.2, 0.25) is 11.8 Å². The van der Waals surface area contributed by atoms with Gasteiger partial charge in [-0.15, -0.1) is 0 Å². The second kappa shape index (κ2) is 13.7. The van der Waals surface area contributed by atoms with Crippen LogP contribution in [0.25, 0.3) is 0 Å². The van der Waals surface area contributed by atoms with E-state index in [9.17, 15) is 18.0 Å². The van der Waals surface area contributed by atoms with E-state index < -0.39 is 34.1 Å². The van der Waals surface area contributed by atoms with Crippen LogP contribution in [-0.4, -0.2) is 43.3 Å². The number of sulfonamides is 1. The monoisotopic (exact) mass is 657 g/mol. The minimum Gasteiger partial charge on any atom is -0.350 e. The number of nitrogens with zero attached hydrogens (tertiary/aromatic N) is 2. The number of amides is 2. The van der Waals surface area contributed by atoms with Gasteiger partial charge in [-0.1, -0.05) is 77.6 Å². The zero-order chi connectivity index (χ0) is 30.5. The van der Waals surface area contributed by atoms with E-state index in [2.05, 4.69) is 5.32 Å². The first-order valence-electron chi connectivity index (χ1n) is 12.7. The quantitative estimate of drug-likeness (QED) is 0.249. The van der Waals surface area contributed by atoms with Gasteiger partial charge in [0.25, 0.3) is 10.0 Å². The maximum absolute atomic E-state index is 14.1. The Morgan fingerprint density at radius 2 is 1.54 bits per heavy atom. The van der Waals surface area contributed by atoms with Crippen LogP contribution in [0.2, 0.25) is 20.1 Å². The third-order valence-corrected chi connectivity index (χ3v) is 9.16. The molecule has 41 heavy (non-hydrogen) atoms. The molecular weight excluding hydrogens is 628 g/mol. The highest BCUT2D eigenvalue weighted by atomic mass is 35.5. The van der Waals surface area contributed by atoms with Gasteiger partial charge in [0.15, 0.2) is 0 Å². The highest BCUT2D eigenvalue weighted by Crippen LogP contribution is 2.31. The summed E-state index contributed by atoms with van der Waals surface area (Å²) in [5, 5.41) is 3.98. The summed E-state index contributed by atoms with van der Waals surface area (Å²) in [5.74, 6) is -1.01. The lowest BCUT2D eigenvalue weighted by molar-refractivity contribution is -0.141. The smallest absolute Gasteiger partial charge is 0.264 e. The van der Waals surface area contributed by atoms with Gasteiger partial charge in [0.05, 0.1) is 20.6 Å². The number of hydrogen-bond donors (Lipinski definition) is 1. The Kier molecular flexibility index (Phi) is 11.0. The molecular formula is C29H31Cl4N3O4S. The average Bonchev–Trinajstić information content (AvgIpc) is 2.89. The Balaban J connectivity index is 2.11. The van der Waals surface area contributed by atoms with Gasteiger partial charge in [0, 0.05) is 22.1 Å². The molecule has 0 radical (unpaired) electrons. The molecule has 0 fully saturated rings. The van der Waals surface area contributed by atoms with E-state index >= 15 is 0 Å². The molecule has 2 amide bonds. The number of nitrogens with one attached hydrogen (secondary N) is 1. The number of carbonyl (C=O) groups is 2. The largest absolute Gasteiger partial charge is 0.350 e. The summed E-state index contributed by atoms with van der Waals surface area (Å²) in [7, 11) is -4.24. The number of benzene rings is 3. The van der Waals surface area contributed by atoms with Crippen molar-refractivity contribution in [1.82, 2.24) is 10.2 Å². The number of carbonyl (C=O) groups excluding carboxylic acids is 2. The van der Waals surface area contributed by atoms with Crippen LogP contribution in [-0.2, 0) is 26.2 Å². The first-order chi connectivity index (χ1) is 19.1. The zero-order valence-electron chi connectivity index (χ0n) is 23.0. The summed E-state index contributed by atoms with van der Waals surface area (Å²) in [4.78, 5) is 28.8. The number of halogens is 4. The molecule has 0 saturated heterocycles. The van der Waals surface area contributed by atoms with Gasteiger partial charge in [0.1, 0.15) is 12.6 Å². The van der Waals surface area contributed by atoms with E-state index in [1.165, 1.54) is 35.2 Å². The van der Waals surface area contributed by atoms with E-state index in [1.807, 2.05) is 20.8 Å². The van der Waals surface area contributed by atoms with Crippen molar-refractivity contribution in [3.8, 4) is 0 Å². The van der Waals surface area contributed by atoms with Crippen LogP contribution in [0.3, 0.4) is 0 Å². The Hall–Kier alpha value is -2.49. The molecule has 0 heterocycles. The Bertz CT molecular complexity index is 1510. The number of rotatable bonds is 10. The molecule has 0 spiro atoms. The fourth-order valence-corrected chi connectivity index (χ4v) is 6.28. The van der Waals surface area contributed by atoms with Gasteiger partial charge in [-0.05, 0) is 75.2 Å². The van der Waals surface area contributed by atoms with Crippen molar-refractivity contribution in [2.75, 3.05) is 10.8 Å². The minimum atomic E-state index is -4.24. The molecule has 0 aliphatic rings. The molecule has 1 atom stereocenters. The zero-order valence-corrected chi connectivity index (χ0v) is 26.8. The molecule has 0 unspecified atom stereocenters. The highest BCUT2D eigenvalue weighted by Gasteiger charge is 2.35. The highest BCUT2D eigenvalue weighted by molar-refractivity contribution is 7.92. The minimum absolute atomic E-state index is 0.0244. The maximum Gasteiger partial charge on any atom is 0.264 e. The van der Waals surface area contributed by atoms with Crippen LogP contribution in [0.4, 0.5) is 5.69 Å². The first kappa shape index (κ1) is 33.0. The Morgan fingerprint density at radius 3 is 2.10 bits per heavy atom. The fourth-order valence-electron chi connectivity index (χ4n) is 4.09. The lowest BCUT2D eigenvalue weighted by Crippen LogP contribution is -2.55. The topological polar surface area (TPSA) is 86.8 Å². The summed E-state index contributed by atoms with van der Waals surface area (Å²) in [6.07, 6.45) is 0.261. The summed E-state index contributed by atoms with van der Waals surface area (Å²) >= 11 is 24.9. The summed E-state index contributed by atoms with van der Waals surface area (Å²) < 4.78 is 28.7. The van der Waals surface area contributed by atoms with E-state index in [4.69, 9.17) is 46.4 Å². The predicted molar refractivity (Wildman–Crippen MR) is 166 cm³/mol. The SMILES string of the molecule is CC[C@@H](C(=O)NC(C)(C)C)N(Cc1ccc(Cl)cc1Cl)C(=O)CN(c1ccc(Cl)c(Cl)c1)S(=O)(=O)c1ccccc1. The van der Waals surface area contributed by atoms with Crippen molar-refractivity contribution in [2.24, 2.45) is 0 Å². The molecule has 3 aromatic rings. The fraction of sp³-hybridized carbons (Fsp3) is 0.310. The van der Waals surface area contributed by atoms with Crippen LogP contribution in [0.15, 0.2) is 71.6 Å². The summed E-state index contributed by atoms with van der Waals surface area (Å²) in [6.45, 7) is 6.58. The van der Waals surface area contributed by atoms with E-state index in [1.54, 1.807) is 43.3 Å². The molecule has 0 aliphatic carbocycles. The van der Waals surface area contributed by atoms with Gasteiger partial charge < -0.3 is 10.2 Å². The van der Waals surface area contributed by atoms with Crippen molar-refractivity contribution in [1.29, 1.82) is 0 Å². The van der Waals surface area contributed by atoms with Crippen molar-refractivity contribution in [3.63, 3.8) is 0 Å². The third kappa shape index (κ3) is 8.52. The molecule has 3 rings (SSSR count). The van der Waals surface area contributed by atoms with Crippen molar-refractivity contribution in [3.05, 3.63) is 92.4 Å².